The summed E-state index contributed by atoms with van der Waals surface area (Å²) < 4.78 is 0. The Bertz CT molecular complexity index is 260. The fourth-order valence-corrected chi connectivity index (χ4v) is 1.29. The zero-order chi connectivity index (χ0) is 8.97. The van der Waals surface area contributed by atoms with Crippen LogP contribution in [-0.4, -0.2) is 0 Å². The summed E-state index contributed by atoms with van der Waals surface area (Å²) in [5, 5.41) is 0. The topological polar surface area (TPSA) is 0 Å². The molecule has 1 atom stereocenters. The molecule has 64 valence electrons. The lowest BCUT2D eigenvalue weighted by Crippen LogP contribution is -1.95. The Balaban J connectivity index is 2.69. The van der Waals surface area contributed by atoms with Crippen LogP contribution in [0.2, 0.25) is 0 Å². The van der Waals surface area contributed by atoms with Crippen LogP contribution in [0.1, 0.15) is 18.1 Å². The molecule has 1 aromatic rings. The van der Waals surface area contributed by atoms with Crippen LogP contribution in [0.3, 0.4) is 0 Å². The molecule has 0 radical (unpaired) electrons. The van der Waals surface area contributed by atoms with Crippen molar-refractivity contribution in [1.82, 2.24) is 0 Å². The minimum Gasteiger partial charge on any atom is -0.103 e. The third-order valence-corrected chi connectivity index (χ3v) is 2.04. The highest BCUT2D eigenvalue weighted by atomic mass is 14.0. The van der Waals surface area contributed by atoms with E-state index < -0.39 is 0 Å². The highest BCUT2D eigenvalue weighted by Crippen LogP contribution is 2.10. The highest BCUT2D eigenvalue weighted by molar-refractivity contribution is 5.22. The lowest BCUT2D eigenvalue weighted by molar-refractivity contribution is 0.725. The molecule has 0 aliphatic rings. The molecule has 0 saturated carbocycles. The SMILES string of the molecule is C=CC(C)Cc1cccc(C)c1. The van der Waals surface area contributed by atoms with E-state index in [1.807, 2.05) is 6.08 Å². The normalized spacial score (nSPS) is 12.5. The van der Waals surface area contributed by atoms with Gasteiger partial charge < -0.3 is 0 Å². The molecule has 0 aromatic heterocycles. The second kappa shape index (κ2) is 4.10. The maximum absolute atomic E-state index is 3.78. The molecule has 0 fully saturated rings. The van der Waals surface area contributed by atoms with E-state index in [1.165, 1.54) is 11.1 Å². The lowest BCUT2D eigenvalue weighted by atomic mass is 10.0. The maximum atomic E-state index is 3.78. The van der Waals surface area contributed by atoms with E-state index in [0.29, 0.717) is 5.92 Å². The molecule has 0 bridgehead atoms. The van der Waals surface area contributed by atoms with Gasteiger partial charge in [0, 0.05) is 0 Å². The Kier molecular flexibility index (Phi) is 3.09. The minimum absolute atomic E-state index is 0.576. The van der Waals surface area contributed by atoms with E-state index in [-0.39, 0.29) is 0 Å². The van der Waals surface area contributed by atoms with Crippen molar-refractivity contribution < 1.29 is 0 Å². The molecule has 0 heterocycles. The second-order valence-corrected chi connectivity index (χ2v) is 3.41. The van der Waals surface area contributed by atoms with Crippen LogP contribution in [-0.2, 0) is 6.42 Å². The van der Waals surface area contributed by atoms with E-state index in [4.69, 9.17) is 0 Å². The van der Waals surface area contributed by atoms with Gasteiger partial charge >= 0.3 is 0 Å². The van der Waals surface area contributed by atoms with Gasteiger partial charge in [-0.2, -0.15) is 0 Å². The zero-order valence-corrected chi connectivity index (χ0v) is 7.88. The second-order valence-electron chi connectivity index (χ2n) is 3.41. The minimum atomic E-state index is 0.576. The zero-order valence-electron chi connectivity index (χ0n) is 7.88. The van der Waals surface area contributed by atoms with Gasteiger partial charge in [0.25, 0.3) is 0 Å². The van der Waals surface area contributed by atoms with Crippen LogP contribution < -0.4 is 0 Å². The van der Waals surface area contributed by atoms with Crippen molar-refractivity contribution in [3.8, 4) is 0 Å². The van der Waals surface area contributed by atoms with E-state index in [9.17, 15) is 0 Å². The number of hydrogen-bond acceptors (Lipinski definition) is 0. The predicted molar refractivity (Wildman–Crippen MR) is 54.2 cm³/mol. The Morgan fingerprint density at radius 3 is 2.83 bits per heavy atom. The maximum Gasteiger partial charge on any atom is -0.0218 e. The molecule has 0 saturated heterocycles. The van der Waals surface area contributed by atoms with E-state index >= 15 is 0 Å². The number of rotatable bonds is 3. The Morgan fingerprint density at radius 2 is 2.25 bits per heavy atom. The number of benzene rings is 1. The summed E-state index contributed by atoms with van der Waals surface area (Å²) >= 11 is 0. The van der Waals surface area contributed by atoms with E-state index in [1.54, 1.807) is 0 Å². The van der Waals surface area contributed by atoms with Gasteiger partial charge in [-0.1, -0.05) is 42.8 Å². The van der Waals surface area contributed by atoms with Crippen molar-refractivity contribution in [3.63, 3.8) is 0 Å². The van der Waals surface area contributed by atoms with Gasteiger partial charge in [-0.3, -0.25) is 0 Å². The predicted octanol–water partition coefficient (Wildman–Crippen LogP) is 3.36. The molecule has 0 spiro atoms. The average molecular weight is 160 g/mol. The van der Waals surface area contributed by atoms with Crippen LogP contribution in [0.5, 0.6) is 0 Å². The van der Waals surface area contributed by atoms with Gasteiger partial charge in [0.05, 0.1) is 0 Å². The van der Waals surface area contributed by atoms with Crippen molar-refractivity contribution in [2.24, 2.45) is 5.92 Å². The fraction of sp³-hybridized carbons (Fsp3) is 0.333. The number of hydrogen-bond donors (Lipinski definition) is 0. The number of allylic oxidation sites excluding steroid dienone is 1. The Hall–Kier alpha value is -1.04. The third-order valence-electron chi connectivity index (χ3n) is 2.04. The van der Waals surface area contributed by atoms with Crippen LogP contribution in [0.15, 0.2) is 36.9 Å². The third kappa shape index (κ3) is 2.54. The van der Waals surface area contributed by atoms with Crippen molar-refractivity contribution in [3.05, 3.63) is 48.0 Å². The van der Waals surface area contributed by atoms with Gasteiger partial charge in [0.15, 0.2) is 0 Å². The summed E-state index contributed by atoms with van der Waals surface area (Å²) in [6.45, 7) is 8.10. The van der Waals surface area contributed by atoms with Gasteiger partial charge in [-0.05, 0) is 24.8 Å². The average Bonchev–Trinajstić information content (AvgIpc) is 2.04. The van der Waals surface area contributed by atoms with Crippen molar-refractivity contribution >= 4 is 0 Å². The molecule has 0 heteroatoms. The molecular weight excluding hydrogens is 144 g/mol. The van der Waals surface area contributed by atoms with Gasteiger partial charge in [0.1, 0.15) is 0 Å². The monoisotopic (exact) mass is 160 g/mol. The first kappa shape index (κ1) is 9.05. The van der Waals surface area contributed by atoms with E-state index in [0.717, 1.165) is 6.42 Å². The van der Waals surface area contributed by atoms with Gasteiger partial charge in [0.2, 0.25) is 0 Å². The molecule has 0 nitrogen and oxygen atoms in total. The summed E-state index contributed by atoms with van der Waals surface area (Å²) in [4.78, 5) is 0. The van der Waals surface area contributed by atoms with Crippen LogP contribution in [0.25, 0.3) is 0 Å². The molecule has 0 aliphatic carbocycles. The molecular formula is C12H16. The first-order valence-corrected chi connectivity index (χ1v) is 4.40. The van der Waals surface area contributed by atoms with Crippen molar-refractivity contribution in [2.45, 2.75) is 20.3 Å². The summed E-state index contributed by atoms with van der Waals surface area (Å²) in [6.07, 6.45) is 3.10. The summed E-state index contributed by atoms with van der Waals surface area (Å²) in [7, 11) is 0. The summed E-state index contributed by atoms with van der Waals surface area (Å²) in [5.41, 5.74) is 2.74. The molecule has 1 rings (SSSR count). The molecule has 1 aromatic carbocycles. The van der Waals surface area contributed by atoms with Gasteiger partial charge in [-0.25, -0.2) is 0 Å². The largest absolute Gasteiger partial charge is 0.103 e. The lowest BCUT2D eigenvalue weighted by Gasteiger charge is -2.05. The highest BCUT2D eigenvalue weighted by Gasteiger charge is 1.98. The number of aryl methyl sites for hydroxylation is 1. The molecule has 12 heavy (non-hydrogen) atoms. The van der Waals surface area contributed by atoms with Crippen molar-refractivity contribution in [2.75, 3.05) is 0 Å². The Morgan fingerprint density at radius 1 is 1.50 bits per heavy atom. The standard InChI is InChI=1S/C12H16/c1-4-10(2)8-12-7-5-6-11(3)9-12/h4-7,9-10H,1,8H2,2-3H3. The fourth-order valence-electron chi connectivity index (χ4n) is 1.29. The molecule has 0 N–H and O–H groups in total. The smallest absolute Gasteiger partial charge is 0.0218 e. The van der Waals surface area contributed by atoms with Crippen molar-refractivity contribution in [1.29, 1.82) is 0 Å². The molecule has 0 amide bonds. The van der Waals surface area contributed by atoms with Crippen LogP contribution in [0, 0.1) is 12.8 Å². The van der Waals surface area contributed by atoms with Crippen LogP contribution >= 0.6 is 0 Å². The molecule has 0 aliphatic heterocycles. The Labute approximate surface area is 74.9 Å². The summed E-state index contributed by atoms with van der Waals surface area (Å²) in [6, 6.07) is 8.65. The molecule has 1 unspecified atom stereocenters. The van der Waals surface area contributed by atoms with Gasteiger partial charge in [-0.15, -0.1) is 6.58 Å². The van der Waals surface area contributed by atoms with E-state index in [2.05, 4.69) is 44.7 Å². The first-order valence-electron chi connectivity index (χ1n) is 4.40. The van der Waals surface area contributed by atoms with Crippen LogP contribution in [0.4, 0.5) is 0 Å². The summed E-state index contributed by atoms with van der Waals surface area (Å²) in [5.74, 6) is 0.576. The first-order chi connectivity index (χ1) is 5.72. The quantitative estimate of drug-likeness (QED) is 0.595.